The zero-order chi connectivity index (χ0) is 23.1. The molecule has 0 unspecified atom stereocenters. The van der Waals surface area contributed by atoms with E-state index in [1.807, 2.05) is 36.4 Å². The number of nitrogens with one attached hydrogen (secondary N) is 1. The fraction of sp³-hybridized carbons (Fsp3) is 0.0833. The van der Waals surface area contributed by atoms with Crippen LogP contribution in [-0.2, 0) is 4.79 Å². The zero-order valence-corrected chi connectivity index (χ0v) is 21.3. The molecule has 174 valence electrons. The Hall–Kier alpha value is -2.35. The molecule has 2 aliphatic heterocycles. The Bertz CT molecular complexity index is 1280. The second-order valence-electron chi connectivity index (χ2n) is 7.52. The van der Waals surface area contributed by atoms with Gasteiger partial charge in [0.25, 0.3) is 5.91 Å². The number of aliphatic imine (C=N–C) groups is 1. The second kappa shape index (κ2) is 10.1. The molecule has 0 aliphatic carbocycles. The van der Waals surface area contributed by atoms with Gasteiger partial charge in [-0.05, 0) is 71.4 Å². The quantitative estimate of drug-likeness (QED) is 0.379. The van der Waals surface area contributed by atoms with E-state index in [4.69, 9.17) is 40.5 Å². The number of nitrogens with two attached hydrogens (primary N) is 1. The lowest BCUT2D eigenvalue weighted by molar-refractivity contribution is -0.116. The average molecular weight is 552 g/mol. The van der Waals surface area contributed by atoms with Crippen molar-refractivity contribution < 1.29 is 4.79 Å². The smallest absolute Gasteiger partial charge is 0.261 e. The average Bonchev–Trinajstić information content (AvgIpc) is 2.80. The van der Waals surface area contributed by atoms with Crippen LogP contribution in [0.3, 0.4) is 0 Å². The van der Waals surface area contributed by atoms with E-state index in [0.717, 1.165) is 11.1 Å². The summed E-state index contributed by atoms with van der Waals surface area (Å²) in [7, 11) is 0. The van der Waals surface area contributed by atoms with E-state index in [1.54, 1.807) is 41.3 Å². The summed E-state index contributed by atoms with van der Waals surface area (Å²) in [5.74, 6) is -0.172. The molecule has 0 saturated carbocycles. The molecule has 2 heterocycles. The second-order valence-corrected chi connectivity index (χ2v) is 9.86. The normalized spacial score (nSPS) is 19.7. The number of benzene rings is 3. The Morgan fingerprint density at radius 3 is 1.88 bits per heavy atom. The molecule has 3 N–H and O–H groups in total. The van der Waals surface area contributed by atoms with E-state index in [0.29, 0.717) is 36.5 Å². The van der Waals surface area contributed by atoms with Crippen LogP contribution in [0.1, 0.15) is 23.3 Å². The predicted octanol–water partition coefficient (Wildman–Crippen LogP) is 6.72. The van der Waals surface area contributed by atoms with Crippen molar-refractivity contribution in [3.8, 4) is 0 Å². The summed E-state index contributed by atoms with van der Waals surface area (Å²) in [4.78, 5) is 20.4. The number of carbonyl (C=O) groups excluding carboxylic acids is 1. The van der Waals surface area contributed by atoms with E-state index in [1.165, 1.54) is 11.8 Å². The van der Waals surface area contributed by atoms with Gasteiger partial charge >= 0.3 is 0 Å². The van der Waals surface area contributed by atoms with Gasteiger partial charge in [0.1, 0.15) is 12.2 Å². The molecule has 0 fully saturated rings. The molecule has 2 aliphatic rings. The maximum atomic E-state index is 14.1. The molecule has 3 aromatic rings. The number of rotatable bonds is 3. The molecule has 0 saturated heterocycles. The lowest BCUT2D eigenvalue weighted by Gasteiger charge is -2.41. The number of halogens is 4. The third-order valence-corrected chi connectivity index (χ3v) is 7.04. The number of anilines is 1. The molecule has 0 radical (unpaired) electrons. The first-order valence-corrected chi connectivity index (χ1v) is 12.0. The van der Waals surface area contributed by atoms with E-state index in [9.17, 15) is 4.79 Å². The van der Waals surface area contributed by atoms with Crippen molar-refractivity contribution >= 4 is 75.7 Å². The van der Waals surface area contributed by atoms with Gasteiger partial charge in [0.05, 0.1) is 10.6 Å². The molecular weight excluding hydrogens is 534 g/mol. The topological polar surface area (TPSA) is 70.7 Å². The summed E-state index contributed by atoms with van der Waals surface area (Å²) in [5, 5.41) is 6.38. The standard InChI is InChI=1S/C24H17Cl3N4OS.ClH/c25-15-5-1-13(2-6-15)20-19-22(33-24(28)29-20)30-21(14-3-7-16(26)8-4-14)31(23(19)32)18-11-9-17(27)10-12-18;/h1-12,20-21,30H,(H2,28,29);1H/t20-,21+;/m1./s1. The minimum Gasteiger partial charge on any atom is -0.378 e. The SMILES string of the molecule is Cl.NC1=N[C@H](c2ccc(Cl)cc2)C2=C(N[C@H](c3ccc(Cl)cc3)N(c3ccc(Cl)cc3)C2=O)S1. The van der Waals surface area contributed by atoms with Crippen molar-refractivity contribution in [3.63, 3.8) is 0 Å². The summed E-state index contributed by atoms with van der Waals surface area (Å²) in [6.07, 6.45) is -0.473. The lowest BCUT2D eigenvalue weighted by atomic mass is 9.95. The van der Waals surface area contributed by atoms with E-state index in [-0.39, 0.29) is 18.3 Å². The van der Waals surface area contributed by atoms with Crippen molar-refractivity contribution in [2.45, 2.75) is 12.2 Å². The maximum Gasteiger partial charge on any atom is 0.261 e. The minimum atomic E-state index is -0.556. The molecule has 34 heavy (non-hydrogen) atoms. The third kappa shape index (κ3) is 4.74. The van der Waals surface area contributed by atoms with Crippen LogP contribution in [0.15, 0.2) is 88.4 Å². The summed E-state index contributed by atoms with van der Waals surface area (Å²) in [5.41, 5.74) is 9.09. The molecule has 0 spiro atoms. The summed E-state index contributed by atoms with van der Waals surface area (Å²) >= 11 is 19.5. The van der Waals surface area contributed by atoms with Crippen molar-refractivity contribution in [3.05, 3.63) is 110 Å². The Balaban J connectivity index is 0.00000274. The first-order chi connectivity index (χ1) is 15.9. The van der Waals surface area contributed by atoms with Gasteiger partial charge in [0.15, 0.2) is 5.17 Å². The molecule has 2 atom stereocenters. The van der Waals surface area contributed by atoms with Gasteiger partial charge in [-0.2, -0.15) is 0 Å². The monoisotopic (exact) mass is 550 g/mol. The van der Waals surface area contributed by atoms with Gasteiger partial charge < -0.3 is 11.1 Å². The highest BCUT2D eigenvalue weighted by Gasteiger charge is 2.42. The van der Waals surface area contributed by atoms with E-state index in [2.05, 4.69) is 10.3 Å². The molecule has 5 nitrogen and oxygen atoms in total. The molecule has 0 bridgehead atoms. The summed E-state index contributed by atoms with van der Waals surface area (Å²) < 4.78 is 0. The number of nitrogens with zero attached hydrogens (tertiary/aromatic N) is 2. The van der Waals surface area contributed by atoms with Crippen LogP contribution in [0.25, 0.3) is 0 Å². The first kappa shape index (κ1) is 24.8. The van der Waals surface area contributed by atoms with Crippen LogP contribution in [0.4, 0.5) is 5.69 Å². The Morgan fingerprint density at radius 1 is 0.824 bits per heavy atom. The Labute approximate surface area is 222 Å². The van der Waals surface area contributed by atoms with Gasteiger partial charge in [0, 0.05) is 20.8 Å². The fourth-order valence-corrected chi connectivity index (χ4v) is 5.12. The van der Waals surface area contributed by atoms with E-state index < -0.39 is 12.2 Å². The first-order valence-electron chi connectivity index (χ1n) is 10.0. The van der Waals surface area contributed by atoms with Gasteiger partial charge in [-0.3, -0.25) is 9.69 Å². The highest BCUT2D eigenvalue weighted by Crippen LogP contribution is 2.44. The third-order valence-electron chi connectivity index (χ3n) is 5.43. The van der Waals surface area contributed by atoms with Gasteiger partial charge in [-0.15, -0.1) is 12.4 Å². The Morgan fingerprint density at radius 2 is 1.32 bits per heavy atom. The van der Waals surface area contributed by atoms with Crippen LogP contribution in [-0.4, -0.2) is 11.1 Å². The lowest BCUT2D eigenvalue weighted by Crippen LogP contribution is -2.49. The highest BCUT2D eigenvalue weighted by molar-refractivity contribution is 8.17. The summed E-state index contributed by atoms with van der Waals surface area (Å²) in [6.45, 7) is 0. The zero-order valence-electron chi connectivity index (χ0n) is 17.4. The largest absolute Gasteiger partial charge is 0.378 e. The van der Waals surface area contributed by atoms with Crippen LogP contribution in [0.2, 0.25) is 15.1 Å². The van der Waals surface area contributed by atoms with Crippen LogP contribution in [0, 0.1) is 0 Å². The fourth-order valence-electron chi connectivity index (χ4n) is 3.89. The molecular formula is C24H18Cl4N4OS. The van der Waals surface area contributed by atoms with Crippen molar-refractivity contribution in [1.29, 1.82) is 0 Å². The number of hydrogen-bond donors (Lipinski definition) is 2. The summed E-state index contributed by atoms with van der Waals surface area (Å²) in [6, 6.07) is 21.3. The number of hydrogen-bond acceptors (Lipinski definition) is 5. The number of amides is 1. The van der Waals surface area contributed by atoms with Gasteiger partial charge in [-0.25, -0.2) is 4.99 Å². The number of carbonyl (C=O) groups is 1. The van der Waals surface area contributed by atoms with Crippen LogP contribution >= 0.6 is 59.0 Å². The van der Waals surface area contributed by atoms with Crippen LogP contribution < -0.4 is 16.0 Å². The number of thioether (sulfide) groups is 1. The molecule has 1 amide bonds. The van der Waals surface area contributed by atoms with E-state index >= 15 is 0 Å². The number of amidine groups is 1. The molecule has 3 aromatic carbocycles. The van der Waals surface area contributed by atoms with Gasteiger partial charge in [0.2, 0.25) is 0 Å². The highest BCUT2D eigenvalue weighted by atomic mass is 35.5. The molecule has 0 aromatic heterocycles. The predicted molar refractivity (Wildman–Crippen MR) is 144 cm³/mol. The minimum absolute atomic E-state index is 0. The van der Waals surface area contributed by atoms with Crippen molar-refractivity contribution in [2.75, 3.05) is 4.90 Å². The van der Waals surface area contributed by atoms with Crippen molar-refractivity contribution in [2.24, 2.45) is 10.7 Å². The molecule has 5 rings (SSSR count). The Kier molecular flexibility index (Phi) is 7.36. The van der Waals surface area contributed by atoms with Crippen molar-refractivity contribution in [1.82, 2.24) is 5.32 Å². The van der Waals surface area contributed by atoms with Gasteiger partial charge in [-0.1, -0.05) is 59.1 Å². The maximum absolute atomic E-state index is 14.1. The molecule has 10 heteroatoms. The van der Waals surface area contributed by atoms with Crippen LogP contribution in [0.5, 0.6) is 0 Å².